The van der Waals surface area contributed by atoms with E-state index in [-0.39, 0.29) is 11.6 Å². The van der Waals surface area contributed by atoms with E-state index in [0.29, 0.717) is 25.7 Å². The van der Waals surface area contributed by atoms with Crippen LogP contribution in [0.2, 0.25) is 0 Å². The maximum Gasteiger partial charge on any atom is 0.333 e. The Morgan fingerprint density at radius 2 is 2.13 bits per heavy atom. The molecule has 23 heavy (non-hydrogen) atoms. The van der Waals surface area contributed by atoms with Crippen LogP contribution in [0.3, 0.4) is 0 Å². The summed E-state index contributed by atoms with van der Waals surface area (Å²) in [5.74, 6) is -1.41. The van der Waals surface area contributed by atoms with Crippen molar-refractivity contribution >= 4 is 51.9 Å². The first-order valence-corrected chi connectivity index (χ1v) is 8.58. The maximum absolute atomic E-state index is 12.4. The van der Waals surface area contributed by atoms with Crippen LogP contribution < -0.4 is 0 Å². The average Bonchev–Trinajstić information content (AvgIpc) is 2.94. The Kier molecular flexibility index (Phi) is 5.19. The number of carboxylic acids is 1. The van der Waals surface area contributed by atoms with Crippen LogP contribution in [0.15, 0.2) is 32.3 Å². The molecule has 0 bridgehead atoms. The Morgan fingerprint density at radius 1 is 1.48 bits per heavy atom. The Balaban J connectivity index is 2.41. The van der Waals surface area contributed by atoms with Crippen molar-refractivity contribution in [3.63, 3.8) is 0 Å². The molecule has 9 heteroatoms. The van der Waals surface area contributed by atoms with E-state index in [0.717, 1.165) is 5.70 Å². The SMILES string of the molecule is [C-]#[N+]C(=CC1=C(C)N(C)C(=C2SC(=S)N(CC)C2=O)S1)C(=O)O. The van der Waals surface area contributed by atoms with Gasteiger partial charge in [-0.25, -0.2) is 4.85 Å². The molecule has 0 unspecified atom stereocenters. The Morgan fingerprint density at radius 3 is 2.61 bits per heavy atom. The van der Waals surface area contributed by atoms with Crippen molar-refractivity contribution in [3.05, 3.63) is 43.7 Å². The molecule has 6 nitrogen and oxygen atoms in total. The monoisotopic (exact) mass is 367 g/mol. The molecule has 0 aromatic carbocycles. The lowest BCUT2D eigenvalue weighted by Crippen LogP contribution is -2.28. The van der Waals surface area contributed by atoms with Gasteiger partial charge in [0.15, 0.2) is 0 Å². The Bertz CT molecular complexity index is 746. The fourth-order valence-electron chi connectivity index (χ4n) is 1.96. The first kappa shape index (κ1) is 17.6. The van der Waals surface area contributed by atoms with Gasteiger partial charge < -0.3 is 10.0 Å². The number of rotatable bonds is 3. The molecule has 1 amide bonds. The number of nitrogens with zero attached hydrogens (tertiary/aromatic N) is 3. The van der Waals surface area contributed by atoms with Gasteiger partial charge in [0.05, 0.1) is 11.6 Å². The number of amides is 1. The standard InChI is InChI=1S/C14H13N3O3S3/c1-5-17-11(18)10(23-14(17)21)12-16(4)7(2)9(22-12)6-8(15-3)13(19)20/h6H,5H2,1-2,4H3,(H,19,20). The van der Waals surface area contributed by atoms with Crippen LogP contribution >= 0.6 is 35.7 Å². The van der Waals surface area contributed by atoms with Gasteiger partial charge in [-0.3, -0.25) is 14.5 Å². The van der Waals surface area contributed by atoms with Gasteiger partial charge in [-0.15, -0.1) is 0 Å². The minimum absolute atomic E-state index is 0.140. The molecule has 120 valence electrons. The van der Waals surface area contributed by atoms with Gasteiger partial charge in [-0.1, -0.05) is 35.7 Å². The predicted molar refractivity (Wildman–Crippen MR) is 95.0 cm³/mol. The first-order valence-electron chi connectivity index (χ1n) is 6.54. The fraction of sp³-hybridized carbons (Fsp3) is 0.286. The maximum atomic E-state index is 12.4. The lowest BCUT2D eigenvalue weighted by atomic mass is 10.3. The summed E-state index contributed by atoms with van der Waals surface area (Å²) < 4.78 is 0.517. The zero-order valence-corrected chi connectivity index (χ0v) is 15.1. The van der Waals surface area contributed by atoms with E-state index in [1.807, 2.05) is 18.7 Å². The number of aliphatic carboxylic acids is 1. The zero-order chi connectivity index (χ0) is 17.3. The van der Waals surface area contributed by atoms with Gasteiger partial charge in [0.25, 0.3) is 11.6 Å². The highest BCUT2D eigenvalue weighted by molar-refractivity contribution is 8.27. The van der Waals surface area contributed by atoms with Crippen molar-refractivity contribution in [1.82, 2.24) is 9.80 Å². The van der Waals surface area contributed by atoms with Crippen LogP contribution in [0.1, 0.15) is 13.8 Å². The second-order valence-corrected chi connectivity index (χ2v) is 7.28. The van der Waals surface area contributed by atoms with Gasteiger partial charge in [0.2, 0.25) is 0 Å². The number of carboxylic acid groups (broad SMARTS) is 1. The van der Waals surface area contributed by atoms with Crippen LogP contribution in [0.4, 0.5) is 0 Å². The molecule has 0 aliphatic carbocycles. The van der Waals surface area contributed by atoms with Crippen molar-refractivity contribution in [1.29, 1.82) is 0 Å². The van der Waals surface area contributed by atoms with E-state index in [1.165, 1.54) is 34.5 Å². The molecule has 2 rings (SSSR count). The number of hydrogen-bond donors (Lipinski definition) is 1. The molecule has 0 spiro atoms. The Labute approximate surface area is 147 Å². The third-order valence-electron chi connectivity index (χ3n) is 3.34. The van der Waals surface area contributed by atoms with Crippen LogP contribution in [-0.2, 0) is 9.59 Å². The summed E-state index contributed by atoms with van der Waals surface area (Å²) in [7, 11) is 1.80. The highest BCUT2D eigenvalue weighted by Gasteiger charge is 2.37. The number of carbonyl (C=O) groups excluding carboxylic acids is 1. The molecule has 0 saturated carbocycles. The zero-order valence-electron chi connectivity index (χ0n) is 12.6. The molecule has 0 atom stereocenters. The van der Waals surface area contributed by atoms with E-state index in [4.69, 9.17) is 23.9 Å². The van der Waals surface area contributed by atoms with Gasteiger partial charge >= 0.3 is 5.97 Å². The summed E-state index contributed by atoms with van der Waals surface area (Å²) >= 11 is 7.73. The highest BCUT2D eigenvalue weighted by atomic mass is 32.2. The van der Waals surface area contributed by atoms with Crippen LogP contribution in [0.5, 0.6) is 0 Å². The van der Waals surface area contributed by atoms with Crippen LogP contribution in [0, 0.1) is 6.57 Å². The second kappa shape index (κ2) is 6.78. The third kappa shape index (κ3) is 3.15. The van der Waals surface area contributed by atoms with Crippen molar-refractivity contribution in [3.8, 4) is 0 Å². The molecule has 0 aromatic rings. The van der Waals surface area contributed by atoms with E-state index < -0.39 is 5.97 Å². The summed E-state index contributed by atoms with van der Waals surface area (Å²) in [6, 6.07) is 0. The topological polar surface area (TPSA) is 65.2 Å². The largest absolute Gasteiger partial charge is 0.486 e. The molecule has 1 saturated heterocycles. The van der Waals surface area contributed by atoms with E-state index in [2.05, 4.69) is 4.85 Å². The van der Waals surface area contributed by atoms with Gasteiger partial charge in [-0.05, 0) is 19.9 Å². The molecule has 0 aromatic heterocycles. The van der Waals surface area contributed by atoms with Crippen LogP contribution in [-0.4, -0.2) is 44.7 Å². The third-order valence-corrected chi connectivity index (χ3v) is 6.21. The molecule has 2 aliphatic heterocycles. The number of hydrogen-bond acceptors (Lipinski definition) is 6. The quantitative estimate of drug-likeness (QED) is 0.467. The van der Waals surface area contributed by atoms with E-state index in [9.17, 15) is 9.59 Å². The van der Waals surface area contributed by atoms with Gasteiger partial charge in [0, 0.05) is 24.2 Å². The lowest BCUT2D eigenvalue weighted by molar-refractivity contribution is -0.132. The summed E-state index contributed by atoms with van der Waals surface area (Å²) in [5, 5.41) is 9.69. The normalized spacial score (nSPS) is 22.3. The molecule has 2 heterocycles. The van der Waals surface area contributed by atoms with Crippen molar-refractivity contribution in [2.45, 2.75) is 13.8 Å². The summed E-state index contributed by atoms with van der Waals surface area (Å²) in [6.07, 6.45) is 1.33. The van der Waals surface area contributed by atoms with E-state index in [1.54, 1.807) is 7.05 Å². The molecule has 0 radical (unpaired) electrons. The second-order valence-electron chi connectivity index (χ2n) is 4.61. The molecule has 1 N–H and O–H groups in total. The number of allylic oxidation sites excluding steroid dienone is 2. The minimum atomic E-state index is -1.27. The highest BCUT2D eigenvalue weighted by Crippen LogP contribution is 2.47. The molecule has 1 fully saturated rings. The smallest absolute Gasteiger partial charge is 0.333 e. The Hall–Kier alpha value is -1.76. The molecular formula is C14H13N3O3S3. The van der Waals surface area contributed by atoms with Crippen LogP contribution in [0.25, 0.3) is 4.85 Å². The lowest BCUT2D eigenvalue weighted by Gasteiger charge is -2.16. The summed E-state index contributed by atoms with van der Waals surface area (Å²) in [6.45, 7) is 11.1. The van der Waals surface area contributed by atoms with Gasteiger partial charge in [0.1, 0.15) is 9.23 Å². The predicted octanol–water partition coefficient (Wildman–Crippen LogP) is 2.83. The number of thioether (sulfide) groups is 2. The van der Waals surface area contributed by atoms with Crippen molar-refractivity contribution in [2.24, 2.45) is 0 Å². The number of likely N-dealkylation sites (N-methyl/N-ethyl adjacent to an activating group) is 1. The molecule has 2 aliphatic rings. The number of carbonyl (C=O) groups is 2. The summed E-state index contributed by atoms with van der Waals surface area (Å²) in [4.78, 5) is 31.0. The van der Waals surface area contributed by atoms with E-state index >= 15 is 0 Å². The first-order chi connectivity index (χ1) is 10.8. The average molecular weight is 367 g/mol. The summed E-state index contributed by atoms with van der Waals surface area (Å²) in [5.41, 5.74) is 0.428. The van der Waals surface area contributed by atoms with Crippen molar-refractivity contribution in [2.75, 3.05) is 13.6 Å². The minimum Gasteiger partial charge on any atom is -0.486 e. The molecular weight excluding hydrogens is 354 g/mol. The van der Waals surface area contributed by atoms with Crippen molar-refractivity contribution < 1.29 is 14.7 Å². The van der Waals surface area contributed by atoms with Gasteiger partial charge in [-0.2, -0.15) is 0 Å². The fourth-order valence-corrected chi connectivity index (χ4v) is 4.71. The number of thiocarbonyl (C=S) groups is 1.